The Morgan fingerprint density at radius 1 is 1.50 bits per heavy atom. The van der Waals surface area contributed by atoms with Gasteiger partial charge in [0.05, 0.1) is 0 Å². The van der Waals surface area contributed by atoms with Gasteiger partial charge in [0.25, 0.3) is 0 Å². The Hall–Kier alpha value is -1.78. The summed E-state index contributed by atoms with van der Waals surface area (Å²) in [4.78, 5) is 6.73. The van der Waals surface area contributed by atoms with Crippen LogP contribution < -0.4 is 10.6 Å². The van der Waals surface area contributed by atoms with E-state index in [4.69, 9.17) is 10.9 Å². The number of pyridine rings is 1. The molecule has 1 rings (SSSR count). The first-order chi connectivity index (χ1) is 8.49. The Morgan fingerprint density at radius 3 is 2.67 bits per heavy atom. The molecule has 0 aliphatic carbocycles. The first kappa shape index (κ1) is 14.3. The molecule has 0 aromatic carbocycles. The maximum Gasteiger partial charge on any atom is 0.170 e. The molecule has 1 aromatic rings. The van der Waals surface area contributed by atoms with Crippen LogP contribution in [0.25, 0.3) is 0 Å². The van der Waals surface area contributed by atoms with Crippen LogP contribution in [0, 0.1) is 6.92 Å². The van der Waals surface area contributed by atoms with Gasteiger partial charge in [0, 0.05) is 23.8 Å². The number of oxime groups is 1. The van der Waals surface area contributed by atoms with Crippen LogP contribution >= 0.6 is 0 Å². The van der Waals surface area contributed by atoms with E-state index in [1.807, 2.05) is 19.1 Å². The summed E-state index contributed by atoms with van der Waals surface area (Å²) >= 11 is 0. The Morgan fingerprint density at radius 2 is 2.17 bits per heavy atom. The Labute approximate surface area is 108 Å². The number of rotatable bonds is 5. The molecule has 5 heteroatoms. The lowest BCUT2D eigenvalue weighted by atomic mass is 10.2. The van der Waals surface area contributed by atoms with Gasteiger partial charge in [-0.3, -0.25) is 0 Å². The Bertz CT molecular complexity index is 429. The van der Waals surface area contributed by atoms with Crippen molar-refractivity contribution < 1.29 is 5.21 Å². The quantitative estimate of drug-likeness (QED) is 0.363. The molecule has 0 atom stereocenters. The highest BCUT2D eigenvalue weighted by atomic mass is 16.4. The monoisotopic (exact) mass is 250 g/mol. The third-order valence-electron chi connectivity index (χ3n) is 2.73. The predicted molar refractivity (Wildman–Crippen MR) is 74.3 cm³/mol. The van der Waals surface area contributed by atoms with Crippen LogP contribution in [0.1, 0.15) is 38.4 Å². The van der Waals surface area contributed by atoms with Crippen molar-refractivity contribution in [3.63, 3.8) is 0 Å². The van der Waals surface area contributed by atoms with Gasteiger partial charge in [-0.2, -0.15) is 0 Å². The molecule has 0 aliphatic rings. The molecular formula is C13H22N4O. The minimum Gasteiger partial charge on any atom is -0.409 e. The summed E-state index contributed by atoms with van der Waals surface area (Å²) in [5.41, 5.74) is 7.19. The lowest BCUT2D eigenvalue weighted by Crippen LogP contribution is -2.32. The topological polar surface area (TPSA) is 74.7 Å². The molecule has 0 unspecified atom stereocenters. The molecule has 18 heavy (non-hydrogen) atoms. The number of aromatic nitrogens is 1. The molecule has 1 aromatic heterocycles. The summed E-state index contributed by atoms with van der Waals surface area (Å²) in [5, 5.41) is 11.8. The molecule has 0 fully saturated rings. The smallest absolute Gasteiger partial charge is 0.170 e. The highest BCUT2D eigenvalue weighted by Gasteiger charge is 2.13. The Kier molecular flexibility index (Phi) is 4.95. The van der Waals surface area contributed by atoms with Crippen molar-refractivity contribution in [1.29, 1.82) is 0 Å². The van der Waals surface area contributed by atoms with E-state index < -0.39 is 0 Å². The van der Waals surface area contributed by atoms with E-state index in [0.29, 0.717) is 11.6 Å². The summed E-state index contributed by atoms with van der Waals surface area (Å²) in [6.07, 6.45) is 1.05. The van der Waals surface area contributed by atoms with Crippen molar-refractivity contribution >= 4 is 11.7 Å². The van der Waals surface area contributed by atoms with Crippen molar-refractivity contribution in [2.24, 2.45) is 10.9 Å². The van der Waals surface area contributed by atoms with E-state index in [1.54, 1.807) is 0 Å². The number of hydrogen-bond acceptors (Lipinski definition) is 4. The van der Waals surface area contributed by atoms with E-state index >= 15 is 0 Å². The first-order valence-electron chi connectivity index (χ1n) is 6.22. The van der Waals surface area contributed by atoms with Gasteiger partial charge in [-0.25, -0.2) is 4.98 Å². The minimum absolute atomic E-state index is 0.113. The first-order valence-corrected chi connectivity index (χ1v) is 6.22. The second-order valence-corrected chi connectivity index (χ2v) is 4.63. The van der Waals surface area contributed by atoms with Gasteiger partial charge < -0.3 is 15.8 Å². The van der Waals surface area contributed by atoms with Crippen LogP contribution in [0.2, 0.25) is 0 Å². The molecule has 0 saturated carbocycles. The third-order valence-corrected chi connectivity index (χ3v) is 2.73. The van der Waals surface area contributed by atoms with E-state index in [1.165, 1.54) is 0 Å². The summed E-state index contributed by atoms with van der Waals surface area (Å²) < 4.78 is 0. The number of nitrogens with two attached hydrogens (primary N) is 1. The predicted octanol–water partition coefficient (Wildman–Crippen LogP) is 2.11. The molecule has 5 nitrogen and oxygen atoms in total. The molecular weight excluding hydrogens is 228 g/mol. The number of hydrogen-bond donors (Lipinski definition) is 2. The van der Waals surface area contributed by atoms with Crippen LogP contribution in [-0.4, -0.2) is 28.6 Å². The lowest BCUT2D eigenvalue weighted by molar-refractivity contribution is 0.318. The second kappa shape index (κ2) is 6.23. The second-order valence-electron chi connectivity index (χ2n) is 4.63. The van der Waals surface area contributed by atoms with Crippen molar-refractivity contribution in [2.45, 2.75) is 40.2 Å². The molecule has 0 radical (unpaired) electrons. The van der Waals surface area contributed by atoms with E-state index in [-0.39, 0.29) is 5.84 Å². The largest absolute Gasteiger partial charge is 0.409 e. The normalized spacial score (nSPS) is 11.9. The molecule has 100 valence electrons. The molecule has 0 saturated heterocycles. The average Bonchev–Trinajstić information content (AvgIpc) is 2.33. The third kappa shape index (κ3) is 3.35. The summed E-state index contributed by atoms with van der Waals surface area (Å²) in [6.45, 7) is 9.23. The van der Waals surface area contributed by atoms with Crippen LogP contribution in [0.3, 0.4) is 0 Å². The van der Waals surface area contributed by atoms with Gasteiger partial charge >= 0.3 is 0 Å². The van der Waals surface area contributed by atoms with Gasteiger partial charge in [0.2, 0.25) is 0 Å². The summed E-state index contributed by atoms with van der Waals surface area (Å²) in [5.74, 6) is 0.982. The van der Waals surface area contributed by atoms with Crippen molar-refractivity contribution in [1.82, 2.24) is 4.98 Å². The zero-order chi connectivity index (χ0) is 13.7. The van der Waals surface area contributed by atoms with Crippen molar-refractivity contribution in [3.05, 3.63) is 23.4 Å². The number of anilines is 1. The number of aryl methyl sites for hydroxylation is 1. The SMILES string of the molecule is CCCN(c1cc(/C(N)=N/O)cc(C)n1)C(C)C. The average molecular weight is 250 g/mol. The van der Waals surface area contributed by atoms with Crippen molar-refractivity contribution in [3.8, 4) is 0 Å². The van der Waals surface area contributed by atoms with E-state index in [2.05, 4.69) is 35.8 Å². The van der Waals surface area contributed by atoms with Crippen LogP contribution in [0.5, 0.6) is 0 Å². The highest BCUT2D eigenvalue weighted by Crippen LogP contribution is 2.18. The van der Waals surface area contributed by atoms with Crippen LogP contribution in [0.4, 0.5) is 5.82 Å². The fourth-order valence-electron chi connectivity index (χ4n) is 1.88. The molecule has 0 amide bonds. The maximum atomic E-state index is 8.75. The zero-order valence-electron chi connectivity index (χ0n) is 11.5. The maximum absolute atomic E-state index is 8.75. The van der Waals surface area contributed by atoms with Gasteiger partial charge in [0.15, 0.2) is 5.84 Å². The summed E-state index contributed by atoms with van der Waals surface area (Å²) in [7, 11) is 0. The highest BCUT2D eigenvalue weighted by molar-refractivity contribution is 5.97. The van der Waals surface area contributed by atoms with Gasteiger partial charge in [0.1, 0.15) is 5.82 Å². The molecule has 0 bridgehead atoms. The lowest BCUT2D eigenvalue weighted by Gasteiger charge is -2.28. The summed E-state index contributed by atoms with van der Waals surface area (Å²) in [6, 6.07) is 4.03. The molecule has 0 aliphatic heterocycles. The standard InChI is InChI=1S/C13H22N4O/c1-5-6-17(9(2)3)12-8-11(13(14)16-18)7-10(4)15-12/h7-9,18H,5-6H2,1-4H3,(H2,14,16). The van der Waals surface area contributed by atoms with Gasteiger partial charge in [-0.15, -0.1) is 0 Å². The van der Waals surface area contributed by atoms with Gasteiger partial charge in [-0.1, -0.05) is 12.1 Å². The van der Waals surface area contributed by atoms with Crippen molar-refractivity contribution in [2.75, 3.05) is 11.4 Å². The van der Waals surface area contributed by atoms with E-state index in [0.717, 1.165) is 24.5 Å². The number of nitrogens with zero attached hydrogens (tertiary/aromatic N) is 3. The molecule has 1 heterocycles. The zero-order valence-corrected chi connectivity index (χ0v) is 11.5. The molecule has 3 N–H and O–H groups in total. The fourth-order valence-corrected chi connectivity index (χ4v) is 1.88. The minimum atomic E-state index is 0.113. The van der Waals surface area contributed by atoms with Crippen LogP contribution in [0.15, 0.2) is 17.3 Å². The number of amidine groups is 1. The molecule has 0 spiro atoms. The Balaban J connectivity index is 3.18. The van der Waals surface area contributed by atoms with E-state index in [9.17, 15) is 0 Å². The van der Waals surface area contributed by atoms with Crippen LogP contribution in [-0.2, 0) is 0 Å². The fraction of sp³-hybridized carbons (Fsp3) is 0.538. The van der Waals surface area contributed by atoms with Gasteiger partial charge in [-0.05, 0) is 39.3 Å².